The molecule has 2 aromatic rings. The van der Waals surface area contributed by atoms with E-state index in [0.29, 0.717) is 36.2 Å². The number of anilines is 3. The molecule has 1 N–H and O–H groups in total. The molecule has 33 heavy (non-hydrogen) atoms. The number of benzene rings is 1. The molecule has 0 aliphatic heterocycles. The molecular formula is C22H31F3N4O3S. The van der Waals surface area contributed by atoms with Gasteiger partial charge in [-0.1, -0.05) is 26.8 Å². The number of carbonyl (C=O) groups is 1. The summed E-state index contributed by atoms with van der Waals surface area (Å²) in [5, 5.41) is 3.05. The average molecular weight is 489 g/mol. The van der Waals surface area contributed by atoms with Crippen molar-refractivity contribution in [2.75, 3.05) is 37.5 Å². The Morgan fingerprint density at radius 1 is 1.18 bits per heavy atom. The number of carbonyl (C=O) groups excluding carboxylic acids is 1. The molecule has 7 nitrogen and oxygen atoms in total. The van der Waals surface area contributed by atoms with Gasteiger partial charge in [0.2, 0.25) is 11.0 Å². The maximum atomic E-state index is 13.0. The van der Waals surface area contributed by atoms with Crippen LogP contribution in [0.2, 0.25) is 0 Å². The summed E-state index contributed by atoms with van der Waals surface area (Å²) in [5.41, 5.74) is 2.22. The molecule has 0 aliphatic carbocycles. The third kappa shape index (κ3) is 7.85. The molecule has 0 amide bonds. The van der Waals surface area contributed by atoms with Crippen molar-refractivity contribution in [2.45, 2.75) is 52.3 Å². The van der Waals surface area contributed by atoms with E-state index in [2.05, 4.69) is 33.4 Å². The van der Waals surface area contributed by atoms with Crippen molar-refractivity contribution in [1.29, 1.82) is 0 Å². The highest BCUT2D eigenvalue weighted by Gasteiger charge is 2.36. The molecule has 0 saturated carbocycles. The summed E-state index contributed by atoms with van der Waals surface area (Å²) in [5.74, 6) is -1.34. The summed E-state index contributed by atoms with van der Waals surface area (Å²) in [4.78, 5) is 17.5. The fraction of sp³-hybridized carbons (Fsp3) is 0.591. The fourth-order valence-corrected chi connectivity index (χ4v) is 3.89. The normalized spacial score (nSPS) is 13.6. The predicted octanol–water partition coefficient (Wildman–Crippen LogP) is 5.46. The lowest BCUT2D eigenvalue weighted by molar-refractivity contribution is -0.144. The van der Waals surface area contributed by atoms with Crippen LogP contribution in [0.15, 0.2) is 18.2 Å². The largest absolute Gasteiger partial charge is 0.469 e. The van der Waals surface area contributed by atoms with Crippen molar-refractivity contribution >= 4 is 34.0 Å². The molecule has 184 valence electrons. The number of hydrogen-bond donors (Lipinski definition) is 1. The van der Waals surface area contributed by atoms with Crippen molar-refractivity contribution in [2.24, 2.45) is 5.92 Å². The Hall–Kier alpha value is -2.40. The average Bonchev–Trinajstić information content (AvgIpc) is 3.21. The first-order chi connectivity index (χ1) is 15.4. The zero-order valence-corrected chi connectivity index (χ0v) is 20.5. The van der Waals surface area contributed by atoms with Crippen molar-refractivity contribution in [1.82, 2.24) is 9.36 Å². The topological polar surface area (TPSA) is 76.6 Å². The standard InChI is InChI=1S/C22H31F3N4O3S/c1-13(2)11-29(12-15(4)31-5)18-8-7-16(14(3)9-19(30)32-6)10-17(18)26-21-27-20(28-33-21)22(23,24)25/h7-8,10,13-15H,9,11-12H2,1-6H3,(H,26,27,28)/t14-,15-/m1/s1. The van der Waals surface area contributed by atoms with Gasteiger partial charge in [-0.25, -0.2) is 0 Å². The molecule has 0 aliphatic rings. The third-order valence-corrected chi connectivity index (χ3v) is 5.65. The molecule has 0 bridgehead atoms. The summed E-state index contributed by atoms with van der Waals surface area (Å²) in [6.07, 6.45) is -4.50. The van der Waals surface area contributed by atoms with Crippen LogP contribution in [0.25, 0.3) is 0 Å². The Kier molecular flexibility index (Phi) is 9.47. The number of esters is 1. The first kappa shape index (κ1) is 26.8. The van der Waals surface area contributed by atoms with E-state index < -0.39 is 12.0 Å². The highest BCUT2D eigenvalue weighted by atomic mass is 32.1. The van der Waals surface area contributed by atoms with Crippen LogP contribution in [0.1, 0.15) is 51.4 Å². The fourth-order valence-electron chi connectivity index (χ4n) is 3.29. The Balaban J connectivity index is 2.48. The van der Waals surface area contributed by atoms with E-state index in [0.717, 1.165) is 11.3 Å². The number of hydrogen-bond acceptors (Lipinski definition) is 8. The van der Waals surface area contributed by atoms with Crippen molar-refractivity contribution in [3.8, 4) is 0 Å². The molecule has 1 heterocycles. The maximum absolute atomic E-state index is 13.0. The van der Waals surface area contributed by atoms with Crippen LogP contribution in [-0.2, 0) is 20.4 Å². The Morgan fingerprint density at radius 3 is 2.42 bits per heavy atom. The molecule has 11 heteroatoms. The van der Waals surface area contributed by atoms with Gasteiger partial charge in [0.15, 0.2) is 0 Å². The predicted molar refractivity (Wildman–Crippen MR) is 123 cm³/mol. The molecule has 0 spiro atoms. The van der Waals surface area contributed by atoms with Crippen molar-refractivity contribution in [3.05, 3.63) is 29.6 Å². The maximum Gasteiger partial charge on any atom is 0.452 e. The Morgan fingerprint density at radius 2 is 1.88 bits per heavy atom. The van der Waals surface area contributed by atoms with E-state index in [-0.39, 0.29) is 29.5 Å². The monoisotopic (exact) mass is 488 g/mol. The first-order valence-electron chi connectivity index (χ1n) is 10.6. The molecule has 1 aromatic carbocycles. The van der Waals surface area contributed by atoms with Crippen molar-refractivity contribution in [3.63, 3.8) is 0 Å². The molecule has 0 saturated heterocycles. The van der Waals surface area contributed by atoms with Gasteiger partial charge in [0.05, 0.1) is 31.0 Å². The lowest BCUT2D eigenvalue weighted by Gasteiger charge is -2.31. The quantitative estimate of drug-likeness (QED) is 0.421. The molecule has 2 rings (SSSR count). The second kappa shape index (κ2) is 11.6. The van der Waals surface area contributed by atoms with E-state index in [1.165, 1.54) is 7.11 Å². The highest BCUT2D eigenvalue weighted by Crippen LogP contribution is 2.36. The zero-order valence-electron chi connectivity index (χ0n) is 19.7. The smallest absolute Gasteiger partial charge is 0.452 e. The minimum absolute atomic E-state index is 0.0330. The number of nitrogens with zero attached hydrogens (tertiary/aromatic N) is 3. The van der Waals surface area contributed by atoms with Gasteiger partial charge in [0.25, 0.3) is 0 Å². The van der Waals surface area contributed by atoms with Gasteiger partial charge in [-0.2, -0.15) is 22.5 Å². The molecular weight excluding hydrogens is 457 g/mol. The zero-order chi connectivity index (χ0) is 24.8. The van der Waals surface area contributed by atoms with E-state index in [1.807, 2.05) is 32.0 Å². The van der Waals surface area contributed by atoms with Gasteiger partial charge >= 0.3 is 12.1 Å². The number of aromatic nitrogens is 2. The minimum Gasteiger partial charge on any atom is -0.469 e. The lowest BCUT2D eigenvalue weighted by atomic mass is 9.96. The van der Waals surface area contributed by atoms with Gasteiger partial charge < -0.3 is 19.7 Å². The number of halogens is 3. The molecule has 2 atom stereocenters. The van der Waals surface area contributed by atoms with E-state index in [4.69, 9.17) is 9.47 Å². The van der Waals surface area contributed by atoms with E-state index >= 15 is 0 Å². The summed E-state index contributed by atoms with van der Waals surface area (Å²) < 4.78 is 52.6. The highest BCUT2D eigenvalue weighted by molar-refractivity contribution is 7.09. The second-order valence-corrected chi connectivity index (χ2v) is 9.10. The Labute approximate surface area is 196 Å². The summed E-state index contributed by atoms with van der Waals surface area (Å²) in [6.45, 7) is 9.32. The van der Waals surface area contributed by atoms with E-state index in [9.17, 15) is 18.0 Å². The number of methoxy groups -OCH3 is 2. The summed E-state index contributed by atoms with van der Waals surface area (Å²) in [6, 6.07) is 5.66. The molecule has 1 aromatic heterocycles. The molecule has 0 fully saturated rings. The second-order valence-electron chi connectivity index (χ2n) is 8.35. The van der Waals surface area contributed by atoms with Crippen LogP contribution < -0.4 is 10.2 Å². The Bertz CT molecular complexity index is 921. The van der Waals surface area contributed by atoms with Gasteiger partial charge in [-0.3, -0.25) is 4.79 Å². The van der Waals surface area contributed by atoms with Gasteiger partial charge in [0, 0.05) is 31.7 Å². The SMILES string of the molecule is COC(=O)C[C@@H](C)c1ccc(N(CC(C)C)C[C@@H](C)OC)c(Nc2nc(C(F)(F)F)ns2)c1. The van der Waals surface area contributed by atoms with Crippen LogP contribution in [0.5, 0.6) is 0 Å². The van der Waals surface area contributed by atoms with Gasteiger partial charge in [0.1, 0.15) is 0 Å². The van der Waals surface area contributed by atoms with Crippen LogP contribution >= 0.6 is 11.5 Å². The third-order valence-electron chi connectivity index (χ3n) is 5.02. The molecule has 0 unspecified atom stereocenters. The van der Waals surface area contributed by atoms with Crippen molar-refractivity contribution < 1.29 is 27.4 Å². The van der Waals surface area contributed by atoms with Gasteiger partial charge in [-0.05, 0) is 36.5 Å². The van der Waals surface area contributed by atoms with Gasteiger partial charge in [-0.15, -0.1) is 0 Å². The van der Waals surface area contributed by atoms with Crippen LogP contribution in [0.3, 0.4) is 0 Å². The van der Waals surface area contributed by atoms with Crippen LogP contribution in [-0.4, -0.2) is 48.7 Å². The van der Waals surface area contributed by atoms with E-state index in [1.54, 1.807) is 7.11 Å². The lowest BCUT2D eigenvalue weighted by Crippen LogP contribution is -2.35. The number of rotatable bonds is 11. The van der Waals surface area contributed by atoms with Crippen LogP contribution in [0, 0.1) is 5.92 Å². The number of nitrogens with one attached hydrogen (secondary N) is 1. The first-order valence-corrected chi connectivity index (χ1v) is 11.4. The summed E-state index contributed by atoms with van der Waals surface area (Å²) in [7, 11) is 2.97. The number of alkyl halides is 3. The minimum atomic E-state index is -4.62. The van der Waals surface area contributed by atoms with Crippen LogP contribution in [0.4, 0.5) is 29.7 Å². The summed E-state index contributed by atoms with van der Waals surface area (Å²) >= 11 is 0.643. The molecule has 0 radical (unpaired) electrons. The number of ether oxygens (including phenoxy) is 2.